The van der Waals surface area contributed by atoms with E-state index >= 15 is 0 Å². The van der Waals surface area contributed by atoms with Crippen LogP contribution in [0, 0.1) is 0 Å². The second-order valence-corrected chi connectivity index (χ2v) is 23.2. The van der Waals surface area contributed by atoms with Crippen LogP contribution in [0.2, 0.25) is 0 Å². The van der Waals surface area contributed by atoms with Crippen molar-refractivity contribution < 1.29 is 4.42 Å². The van der Waals surface area contributed by atoms with Gasteiger partial charge in [-0.1, -0.05) is 172 Å². The lowest BCUT2D eigenvalue weighted by Crippen LogP contribution is -2.71. The van der Waals surface area contributed by atoms with Gasteiger partial charge in [0.15, 0.2) is 5.58 Å². The van der Waals surface area contributed by atoms with E-state index in [2.05, 4.69) is 206 Å². The number of fused-ring (bicyclic) bond motifs is 15. The quantitative estimate of drug-likeness (QED) is 0.162. The predicted octanol–water partition coefficient (Wildman–Crippen LogP) is 15.1. The molecule has 2 aliphatic carbocycles. The van der Waals surface area contributed by atoms with Gasteiger partial charge in [-0.05, 0) is 122 Å². The van der Waals surface area contributed by atoms with Crippen LogP contribution in [0.3, 0.4) is 0 Å². The fourth-order valence-corrected chi connectivity index (χ4v) is 13.7. The summed E-state index contributed by atoms with van der Waals surface area (Å²) in [7, 11) is 0. The summed E-state index contributed by atoms with van der Waals surface area (Å²) in [5.41, 5.74) is 24.5. The van der Waals surface area contributed by atoms with Crippen molar-refractivity contribution in [2.24, 2.45) is 0 Å². The average molecular weight is 847 g/mol. The molecule has 0 N–H and O–H groups in total. The van der Waals surface area contributed by atoms with Gasteiger partial charge in [0, 0.05) is 49.6 Å². The first-order chi connectivity index (χ1) is 31.0. The van der Waals surface area contributed by atoms with Gasteiger partial charge in [0.1, 0.15) is 5.58 Å². The maximum Gasteiger partial charge on any atom is 0.329 e. The Labute approximate surface area is 385 Å². The van der Waals surface area contributed by atoms with Crippen LogP contribution in [0.4, 0.5) is 22.7 Å². The molecule has 0 spiro atoms. The lowest BCUT2D eigenvalue weighted by molar-refractivity contribution is 0.199. The lowest BCUT2D eigenvalue weighted by atomic mass is 9.41. The van der Waals surface area contributed by atoms with E-state index < -0.39 is 0 Å². The molecule has 5 aliphatic rings. The van der Waals surface area contributed by atoms with Gasteiger partial charge in [-0.15, -0.1) is 0 Å². The molecular formula is C61H59BN2O. The minimum atomic E-state index is -0.218. The number of hydrogen-bond donors (Lipinski definition) is 0. The van der Waals surface area contributed by atoms with E-state index in [1.165, 1.54) is 103 Å². The predicted molar refractivity (Wildman–Crippen MR) is 276 cm³/mol. The number of para-hydroxylation sites is 1. The van der Waals surface area contributed by atoms with Crippen LogP contribution in [0.25, 0.3) is 55.3 Å². The number of nitrogens with zero attached hydrogens (tertiary/aromatic N) is 2. The average Bonchev–Trinajstić information content (AvgIpc) is 3.85. The maximum atomic E-state index is 7.26. The minimum Gasteiger partial charge on any atom is -0.454 e. The Hall–Kier alpha value is -6.00. The lowest BCUT2D eigenvalue weighted by Gasteiger charge is -2.55. The van der Waals surface area contributed by atoms with Crippen LogP contribution in [-0.2, 0) is 21.7 Å². The van der Waals surface area contributed by atoms with Crippen LogP contribution >= 0.6 is 0 Å². The Morgan fingerprint density at radius 3 is 2.06 bits per heavy atom. The van der Waals surface area contributed by atoms with E-state index in [0.717, 1.165) is 34.0 Å². The van der Waals surface area contributed by atoms with Crippen molar-refractivity contribution in [1.29, 1.82) is 0 Å². The molecule has 13 rings (SSSR count). The zero-order valence-corrected chi connectivity index (χ0v) is 39.8. The van der Waals surface area contributed by atoms with Crippen molar-refractivity contribution >= 4 is 62.5 Å². The molecule has 1 fully saturated rings. The Morgan fingerprint density at radius 2 is 1.28 bits per heavy atom. The highest BCUT2D eigenvalue weighted by molar-refractivity contribution is 6.93. The zero-order valence-electron chi connectivity index (χ0n) is 39.8. The van der Waals surface area contributed by atoms with Crippen LogP contribution in [0.5, 0.6) is 0 Å². The van der Waals surface area contributed by atoms with Gasteiger partial charge in [0.2, 0.25) is 0 Å². The molecule has 2 unspecified atom stereocenters. The fraction of sp³-hybridized carbons (Fsp3) is 0.311. The summed E-state index contributed by atoms with van der Waals surface area (Å²) in [5, 5.41) is 2.32. The number of anilines is 4. The van der Waals surface area contributed by atoms with Crippen LogP contribution < -0.4 is 20.6 Å². The summed E-state index contributed by atoms with van der Waals surface area (Å²) < 4.78 is 7.26. The highest BCUT2D eigenvalue weighted by Gasteiger charge is 2.64. The Balaban J connectivity index is 1.26. The van der Waals surface area contributed by atoms with Crippen molar-refractivity contribution in [3.63, 3.8) is 0 Å². The first kappa shape index (κ1) is 39.4. The van der Waals surface area contributed by atoms with Gasteiger partial charge < -0.3 is 14.1 Å². The number of benzene rings is 7. The van der Waals surface area contributed by atoms with E-state index in [1.807, 2.05) is 0 Å². The van der Waals surface area contributed by atoms with E-state index in [9.17, 15) is 0 Å². The maximum absolute atomic E-state index is 7.26. The van der Waals surface area contributed by atoms with Gasteiger partial charge in [-0.2, -0.15) is 0 Å². The summed E-state index contributed by atoms with van der Waals surface area (Å²) in [5.74, 6) is 0. The summed E-state index contributed by atoms with van der Waals surface area (Å²) in [6.07, 6.45) is 4.84. The monoisotopic (exact) mass is 846 g/mol. The molecule has 4 heterocycles. The third kappa shape index (κ3) is 4.94. The number of furan rings is 1. The number of rotatable bonds is 2. The van der Waals surface area contributed by atoms with Gasteiger partial charge in [-0.25, -0.2) is 0 Å². The molecule has 3 aliphatic heterocycles. The zero-order chi connectivity index (χ0) is 44.7. The van der Waals surface area contributed by atoms with Gasteiger partial charge in [0.05, 0.1) is 11.4 Å². The third-order valence-corrected chi connectivity index (χ3v) is 17.3. The largest absolute Gasteiger partial charge is 0.454 e. The van der Waals surface area contributed by atoms with Crippen LogP contribution in [-0.4, -0.2) is 12.4 Å². The molecule has 65 heavy (non-hydrogen) atoms. The van der Waals surface area contributed by atoms with Crippen molar-refractivity contribution in [3.8, 4) is 33.4 Å². The molecule has 0 radical (unpaired) electrons. The summed E-state index contributed by atoms with van der Waals surface area (Å²) in [4.78, 5) is 5.65. The Kier molecular flexibility index (Phi) is 7.67. The van der Waals surface area contributed by atoms with E-state index in [1.54, 1.807) is 5.56 Å². The van der Waals surface area contributed by atoms with E-state index in [-0.39, 0.29) is 34.0 Å². The van der Waals surface area contributed by atoms with Crippen LogP contribution in [0.15, 0.2) is 132 Å². The van der Waals surface area contributed by atoms with E-state index in [4.69, 9.17) is 4.42 Å². The first-order valence-electron chi connectivity index (χ1n) is 24.3. The topological polar surface area (TPSA) is 19.6 Å². The number of hydrogen-bond acceptors (Lipinski definition) is 3. The molecule has 1 saturated carbocycles. The highest BCUT2D eigenvalue weighted by atomic mass is 16.3. The Morgan fingerprint density at radius 1 is 0.569 bits per heavy atom. The molecule has 322 valence electrons. The van der Waals surface area contributed by atoms with Gasteiger partial charge in [-0.3, -0.25) is 0 Å². The fourth-order valence-electron chi connectivity index (χ4n) is 13.7. The van der Waals surface area contributed by atoms with Crippen molar-refractivity contribution in [1.82, 2.24) is 0 Å². The second-order valence-electron chi connectivity index (χ2n) is 23.2. The highest BCUT2D eigenvalue weighted by Crippen LogP contribution is 2.66. The van der Waals surface area contributed by atoms with Crippen molar-refractivity contribution in [3.05, 3.63) is 155 Å². The first-order valence-corrected chi connectivity index (χ1v) is 24.3. The van der Waals surface area contributed by atoms with E-state index in [0.29, 0.717) is 0 Å². The SMILES string of the molecule is CC(C)(C)c1ccc(N2c3cc4c(c5c3B(c3ccc6c(oc7ccccc76)c32)N2c3c-5cc(C(C)(C)C)cc3C3(C)CCCCC23C)C(C)(C)c2ccccc2-4)c(-c2ccccc2)c1. The summed E-state index contributed by atoms with van der Waals surface area (Å²) in [6.45, 7) is 24.4. The van der Waals surface area contributed by atoms with Crippen molar-refractivity contribution in [2.45, 2.75) is 122 Å². The molecule has 3 nitrogen and oxygen atoms in total. The summed E-state index contributed by atoms with van der Waals surface area (Å²) in [6, 6.07) is 49.1. The minimum absolute atomic E-state index is 0.0233. The smallest absolute Gasteiger partial charge is 0.329 e. The molecule has 8 aromatic rings. The second kappa shape index (κ2) is 12.7. The Bertz CT molecular complexity index is 3380. The molecule has 0 amide bonds. The molecule has 4 heteroatoms. The molecule has 1 aromatic heterocycles. The van der Waals surface area contributed by atoms with Gasteiger partial charge in [0.25, 0.3) is 0 Å². The standard InChI is InChI=1S/C61H59BN2O/c1-57(2,3)37-26-29-48(42(32-37)36-20-12-11-13-21-36)63-49-35-43-39-22-14-16-24-45(39)59(7,8)52(43)51-44-33-38(58(4,5)6)34-46-54(44)64(61(10)31-19-18-30-60(46,61)9)62(53(49)51)47-28-27-41-40-23-15-17-25-50(40)65-56(41)55(47)63/h11-17,20-29,32-35H,18-19,30-31H2,1-10H3. The van der Waals surface area contributed by atoms with Gasteiger partial charge >= 0.3 is 6.85 Å². The van der Waals surface area contributed by atoms with Crippen LogP contribution in [0.1, 0.15) is 123 Å². The molecule has 0 saturated heterocycles. The normalized spacial score (nSPS) is 21.0. The molecular weight excluding hydrogens is 787 g/mol. The summed E-state index contributed by atoms with van der Waals surface area (Å²) >= 11 is 0. The third-order valence-electron chi connectivity index (χ3n) is 17.3. The molecule has 7 aromatic carbocycles. The molecule has 0 bridgehead atoms. The van der Waals surface area contributed by atoms with Crippen molar-refractivity contribution in [2.75, 3.05) is 9.71 Å². The molecule has 2 atom stereocenters.